The number of primary sulfonamides is 1. The number of nitrogens with zero attached hydrogens (tertiary/aromatic N) is 2. The topological polar surface area (TPSA) is 117 Å². The van der Waals surface area contributed by atoms with E-state index in [0.717, 1.165) is 18.7 Å². The number of rotatable bonds is 9. The van der Waals surface area contributed by atoms with Crippen molar-refractivity contribution in [2.24, 2.45) is 5.14 Å². The van der Waals surface area contributed by atoms with E-state index in [-0.39, 0.29) is 10.8 Å². The Morgan fingerprint density at radius 3 is 2.48 bits per heavy atom. The molecule has 2 rings (SSSR count). The van der Waals surface area contributed by atoms with Crippen LogP contribution in [-0.2, 0) is 16.4 Å². The van der Waals surface area contributed by atoms with Crippen molar-refractivity contribution < 1.29 is 13.2 Å². The van der Waals surface area contributed by atoms with Crippen molar-refractivity contribution >= 4 is 21.7 Å². The van der Waals surface area contributed by atoms with Crippen LogP contribution in [0.5, 0.6) is 0 Å². The first-order chi connectivity index (χ1) is 12.8. The molecule has 0 atom stereocenters. The number of pyridine rings is 1. The minimum Gasteiger partial charge on any atom is -0.369 e. The fraction of sp³-hybridized carbons (Fsp3) is 0.333. The Hall–Kier alpha value is -2.49. The molecule has 0 radical (unpaired) electrons. The highest BCUT2D eigenvalue weighted by Crippen LogP contribution is 2.09. The first-order valence-electron chi connectivity index (χ1n) is 8.50. The van der Waals surface area contributed by atoms with Crippen LogP contribution < -0.4 is 15.8 Å². The van der Waals surface area contributed by atoms with Gasteiger partial charge in [-0.05, 0) is 50.3 Å². The van der Waals surface area contributed by atoms with Gasteiger partial charge in [0.2, 0.25) is 10.0 Å². The number of carbonyl (C=O) groups is 1. The third kappa shape index (κ3) is 6.97. The Kier molecular flexibility index (Phi) is 7.28. The molecule has 0 saturated carbocycles. The molecular weight excluding hydrogens is 366 g/mol. The van der Waals surface area contributed by atoms with E-state index in [9.17, 15) is 13.2 Å². The molecule has 1 aromatic carbocycles. The first-order valence-corrected chi connectivity index (χ1v) is 10.0. The maximum absolute atomic E-state index is 12.3. The van der Waals surface area contributed by atoms with Gasteiger partial charge in [0.1, 0.15) is 5.82 Å². The van der Waals surface area contributed by atoms with E-state index in [2.05, 4.69) is 20.5 Å². The number of carbonyl (C=O) groups excluding carboxylic acids is 1. The summed E-state index contributed by atoms with van der Waals surface area (Å²) in [6.45, 7) is 2.03. The normalized spacial score (nSPS) is 11.4. The Bertz CT molecular complexity index is 867. The molecule has 0 aliphatic carbocycles. The van der Waals surface area contributed by atoms with Gasteiger partial charge in [0.05, 0.1) is 4.90 Å². The number of hydrogen-bond donors (Lipinski definition) is 3. The molecule has 8 nitrogen and oxygen atoms in total. The molecule has 1 heterocycles. The molecule has 0 aliphatic heterocycles. The molecule has 4 N–H and O–H groups in total. The van der Waals surface area contributed by atoms with E-state index in [1.807, 2.05) is 14.1 Å². The summed E-state index contributed by atoms with van der Waals surface area (Å²) in [5, 5.41) is 11.1. The average molecular weight is 391 g/mol. The van der Waals surface area contributed by atoms with Gasteiger partial charge in [-0.25, -0.2) is 18.5 Å². The minimum atomic E-state index is -3.69. The number of aromatic nitrogens is 1. The largest absolute Gasteiger partial charge is 0.369 e. The Morgan fingerprint density at radius 2 is 1.85 bits per heavy atom. The summed E-state index contributed by atoms with van der Waals surface area (Å²) in [5.41, 5.74) is 1.44. The van der Waals surface area contributed by atoms with Gasteiger partial charge in [0, 0.05) is 31.4 Å². The maximum atomic E-state index is 12.3. The van der Waals surface area contributed by atoms with Gasteiger partial charge in [-0.15, -0.1) is 0 Å². The van der Waals surface area contributed by atoms with Crippen LogP contribution in [0, 0.1) is 0 Å². The molecule has 0 saturated heterocycles. The second kappa shape index (κ2) is 9.45. The zero-order valence-electron chi connectivity index (χ0n) is 15.5. The van der Waals surface area contributed by atoms with Crippen LogP contribution >= 0.6 is 0 Å². The predicted octanol–water partition coefficient (Wildman–Crippen LogP) is 0.675. The smallest absolute Gasteiger partial charge is 0.251 e. The van der Waals surface area contributed by atoms with Crippen molar-refractivity contribution in [3.63, 3.8) is 0 Å². The highest BCUT2D eigenvalue weighted by atomic mass is 32.2. The van der Waals surface area contributed by atoms with Crippen LogP contribution in [-0.4, -0.2) is 57.9 Å². The molecule has 27 heavy (non-hydrogen) atoms. The quantitative estimate of drug-likeness (QED) is 0.578. The van der Waals surface area contributed by atoms with Gasteiger partial charge in [-0.2, -0.15) is 0 Å². The number of likely N-dealkylation sites (N-methyl/N-ethyl adjacent to an activating group) is 1. The lowest BCUT2D eigenvalue weighted by atomic mass is 10.1. The molecule has 1 aromatic heterocycles. The monoisotopic (exact) mass is 391 g/mol. The summed E-state index contributed by atoms with van der Waals surface area (Å²) in [4.78, 5) is 18.6. The van der Waals surface area contributed by atoms with Crippen molar-refractivity contribution in [2.45, 2.75) is 11.3 Å². The Balaban J connectivity index is 1.85. The van der Waals surface area contributed by atoms with E-state index in [1.165, 1.54) is 12.1 Å². The highest BCUT2D eigenvalue weighted by Gasteiger charge is 2.08. The maximum Gasteiger partial charge on any atom is 0.251 e. The number of benzene rings is 1. The van der Waals surface area contributed by atoms with Crippen LogP contribution in [0.3, 0.4) is 0 Å². The minimum absolute atomic E-state index is 0.0707. The average Bonchev–Trinajstić information content (AvgIpc) is 2.61. The number of anilines is 1. The molecule has 146 valence electrons. The standard InChI is InChI=1S/C18H25N5O3S/c1-23(2)12-11-21-17-13-15(8-10-20-17)18(24)22-9-7-14-3-5-16(6-4-14)27(19,25)26/h3-6,8,10,13H,7,9,11-12H2,1-2H3,(H,20,21)(H,22,24)(H2,19,25,26). The summed E-state index contributed by atoms with van der Waals surface area (Å²) >= 11 is 0. The number of nitrogens with two attached hydrogens (primary N) is 1. The number of nitrogens with one attached hydrogen (secondary N) is 2. The predicted molar refractivity (Wildman–Crippen MR) is 105 cm³/mol. The van der Waals surface area contributed by atoms with Gasteiger partial charge in [-0.3, -0.25) is 4.79 Å². The summed E-state index contributed by atoms with van der Waals surface area (Å²) in [6.07, 6.45) is 2.18. The van der Waals surface area contributed by atoms with Crippen molar-refractivity contribution in [3.8, 4) is 0 Å². The molecule has 0 aliphatic rings. The van der Waals surface area contributed by atoms with Crippen molar-refractivity contribution in [1.82, 2.24) is 15.2 Å². The van der Waals surface area contributed by atoms with Crippen molar-refractivity contribution in [1.29, 1.82) is 0 Å². The summed E-state index contributed by atoms with van der Waals surface area (Å²) in [7, 11) is 0.286. The van der Waals surface area contributed by atoms with Crippen LogP contribution in [0.4, 0.5) is 5.82 Å². The third-order valence-electron chi connectivity index (χ3n) is 3.84. The number of sulfonamides is 1. The first kappa shape index (κ1) is 20.8. The van der Waals surface area contributed by atoms with Crippen LogP contribution in [0.2, 0.25) is 0 Å². The summed E-state index contributed by atoms with van der Waals surface area (Å²) < 4.78 is 22.5. The molecule has 1 amide bonds. The van der Waals surface area contributed by atoms with Gasteiger partial charge in [0.15, 0.2) is 0 Å². The Labute approximate surface area is 159 Å². The lowest BCUT2D eigenvalue weighted by Gasteiger charge is -2.11. The molecule has 0 spiro atoms. The Morgan fingerprint density at radius 1 is 1.15 bits per heavy atom. The second-order valence-electron chi connectivity index (χ2n) is 6.35. The van der Waals surface area contributed by atoms with E-state index < -0.39 is 10.0 Å². The van der Waals surface area contributed by atoms with E-state index >= 15 is 0 Å². The van der Waals surface area contributed by atoms with Gasteiger partial charge >= 0.3 is 0 Å². The fourth-order valence-electron chi connectivity index (χ4n) is 2.34. The van der Waals surface area contributed by atoms with Gasteiger partial charge < -0.3 is 15.5 Å². The fourth-order valence-corrected chi connectivity index (χ4v) is 2.86. The van der Waals surface area contributed by atoms with Crippen molar-refractivity contribution in [3.05, 3.63) is 53.7 Å². The van der Waals surface area contributed by atoms with Gasteiger partial charge in [0.25, 0.3) is 5.91 Å². The van der Waals surface area contributed by atoms with E-state index in [1.54, 1.807) is 30.5 Å². The second-order valence-corrected chi connectivity index (χ2v) is 7.92. The zero-order chi connectivity index (χ0) is 19.9. The summed E-state index contributed by atoms with van der Waals surface area (Å²) in [5.74, 6) is 0.470. The van der Waals surface area contributed by atoms with Crippen LogP contribution in [0.25, 0.3) is 0 Å². The van der Waals surface area contributed by atoms with Crippen molar-refractivity contribution in [2.75, 3.05) is 39.0 Å². The number of hydrogen-bond acceptors (Lipinski definition) is 6. The molecule has 2 aromatic rings. The zero-order valence-corrected chi connectivity index (χ0v) is 16.3. The van der Waals surface area contributed by atoms with Crippen LogP contribution in [0.15, 0.2) is 47.5 Å². The van der Waals surface area contributed by atoms with E-state index in [4.69, 9.17) is 5.14 Å². The third-order valence-corrected chi connectivity index (χ3v) is 4.77. The van der Waals surface area contributed by atoms with E-state index in [0.29, 0.717) is 24.3 Å². The lowest BCUT2D eigenvalue weighted by Crippen LogP contribution is -2.26. The highest BCUT2D eigenvalue weighted by molar-refractivity contribution is 7.89. The molecule has 0 bridgehead atoms. The molecule has 0 unspecified atom stereocenters. The van der Waals surface area contributed by atoms with Gasteiger partial charge in [-0.1, -0.05) is 12.1 Å². The SMILES string of the molecule is CN(C)CCNc1cc(C(=O)NCCc2ccc(S(N)(=O)=O)cc2)ccn1. The molecule has 9 heteroatoms. The number of amides is 1. The summed E-state index contributed by atoms with van der Waals surface area (Å²) in [6, 6.07) is 9.66. The molecule has 0 fully saturated rings. The lowest BCUT2D eigenvalue weighted by molar-refractivity contribution is 0.0954. The molecular formula is C18H25N5O3S. The van der Waals surface area contributed by atoms with Crippen LogP contribution in [0.1, 0.15) is 15.9 Å².